The molecule has 0 aliphatic carbocycles. The fourth-order valence-electron chi connectivity index (χ4n) is 3.67. The van der Waals surface area contributed by atoms with Gasteiger partial charge in [-0.1, -0.05) is 35.1 Å². The lowest BCUT2D eigenvalue weighted by molar-refractivity contribution is -0.124. The Labute approximate surface area is 193 Å². The molecule has 0 saturated carbocycles. The first kappa shape index (κ1) is 22.2. The summed E-state index contributed by atoms with van der Waals surface area (Å²) in [5.74, 6) is -0.381. The highest BCUT2D eigenvalue weighted by Gasteiger charge is 2.27. The number of piperidine rings is 1. The molecule has 9 nitrogen and oxygen atoms in total. The van der Waals surface area contributed by atoms with Gasteiger partial charge in [0.1, 0.15) is 17.6 Å². The smallest absolute Gasteiger partial charge is 0.273 e. The number of hydrogen-bond acceptors (Lipinski definition) is 7. The predicted octanol–water partition coefficient (Wildman–Crippen LogP) is 1.79. The molecule has 2 N–H and O–H groups in total. The van der Waals surface area contributed by atoms with Crippen LogP contribution in [0.3, 0.4) is 0 Å². The molecule has 1 saturated heterocycles. The van der Waals surface area contributed by atoms with E-state index in [4.69, 9.17) is 11.6 Å². The molecule has 1 aromatic carbocycles. The van der Waals surface area contributed by atoms with Crippen LogP contribution >= 0.6 is 22.9 Å². The summed E-state index contributed by atoms with van der Waals surface area (Å²) in [6.07, 6.45) is 3.05. The Kier molecular flexibility index (Phi) is 6.71. The first-order valence-electron chi connectivity index (χ1n) is 10.3. The number of thiazole rings is 1. The third-order valence-corrected chi connectivity index (χ3v) is 6.74. The maximum absolute atomic E-state index is 12.9. The van der Waals surface area contributed by atoms with E-state index in [0.717, 1.165) is 24.9 Å². The van der Waals surface area contributed by atoms with E-state index in [1.165, 1.54) is 22.2 Å². The highest BCUT2D eigenvalue weighted by Crippen LogP contribution is 2.29. The van der Waals surface area contributed by atoms with Crippen molar-refractivity contribution >= 4 is 50.2 Å². The highest BCUT2D eigenvalue weighted by molar-refractivity contribution is 7.22. The van der Waals surface area contributed by atoms with Gasteiger partial charge in [0.25, 0.3) is 5.56 Å². The number of anilines is 1. The average molecular weight is 475 g/mol. The summed E-state index contributed by atoms with van der Waals surface area (Å²) in [4.78, 5) is 48.1. The minimum Gasteiger partial charge on any atom is -0.359 e. The SMILES string of the molecule is CNC(=O)[C@@H]1CCCN(c2nc3ncn(CC(=O)NCc4ccc(Cl)cc4)c(=O)c3s2)C1. The lowest BCUT2D eigenvalue weighted by atomic mass is 9.98. The van der Waals surface area contributed by atoms with Crippen molar-refractivity contribution in [2.75, 3.05) is 25.0 Å². The number of nitrogens with zero attached hydrogens (tertiary/aromatic N) is 4. The van der Waals surface area contributed by atoms with Gasteiger partial charge in [-0.05, 0) is 30.5 Å². The number of nitrogens with one attached hydrogen (secondary N) is 2. The summed E-state index contributed by atoms with van der Waals surface area (Å²) in [6, 6.07) is 7.17. The number of carbonyl (C=O) groups is 2. The molecule has 0 radical (unpaired) electrons. The average Bonchev–Trinajstić information content (AvgIpc) is 3.25. The van der Waals surface area contributed by atoms with Crippen molar-refractivity contribution in [1.82, 2.24) is 25.2 Å². The molecule has 0 unspecified atom stereocenters. The number of carbonyl (C=O) groups excluding carboxylic acids is 2. The molecule has 2 aromatic heterocycles. The summed E-state index contributed by atoms with van der Waals surface area (Å²) in [5.41, 5.74) is 0.961. The molecule has 0 spiro atoms. The van der Waals surface area contributed by atoms with Crippen LogP contribution in [0, 0.1) is 5.92 Å². The molecule has 3 aromatic rings. The van der Waals surface area contributed by atoms with Crippen LogP contribution in [0.4, 0.5) is 5.13 Å². The highest BCUT2D eigenvalue weighted by atomic mass is 35.5. The molecule has 1 aliphatic heterocycles. The van der Waals surface area contributed by atoms with Crippen molar-refractivity contribution in [3.63, 3.8) is 0 Å². The third-order valence-electron chi connectivity index (χ3n) is 5.40. The van der Waals surface area contributed by atoms with Gasteiger partial charge in [-0.25, -0.2) is 4.98 Å². The molecule has 1 fully saturated rings. The summed E-state index contributed by atoms with van der Waals surface area (Å²) < 4.78 is 1.68. The van der Waals surface area contributed by atoms with Gasteiger partial charge in [-0.15, -0.1) is 0 Å². The van der Waals surface area contributed by atoms with E-state index in [2.05, 4.69) is 20.6 Å². The number of aromatic nitrogens is 3. The second-order valence-corrected chi connectivity index (χ2v) is 9.04. The van der Waals surface area contributed by atoms with Gasteiger partial charge in [-0.2, -0.15) is 4.98 Å². The quantitative estimate of drug-likeness (QED) is 0.563. The molecule has 1 atom stereocenters. The normalized spacial score (nSPS) is 16.2. The molecule has 11 heteroatoms. The van der Waals surface area contributed by atoms with E-state index < -0.39 is 0 Å². The first-order valence-corrected chi connectivity index (χ1v) is 11.5. The Morgan fingerprint density at radius 3 is 2.81 bits per heavy atom. The van der Waals surface area contributed by atoms with Crippen LogP contribution in [0.25, 0.3) is 10.3 Å². The molecule has 32 heavy (non-hydrogen) atoms. The molecule has 1 aliphatic rings. The Hall–Kier alpha value is -2.98. The topological polar surface area (TPSA) is 109 Å². The molecular formula is C21H23ClN6O3S. The van der Waals surface area contributed by atoms with Gasteiger partial charge in [0, 0.05) is 31.7 Å². The van der Waals surface area contributed by atoms with E-state index in [1.54, 1.807) is 19.2 Å². The van der Waals surface area contributed by atoms with Crippen molar-refractivity contribution in [3.05, 3.63) is 51.5 Å². The summed E-state index contributed by atoms with van der Waals surface area (Å²) in [7, 11) is 1.64. The largest absolute Gasteiger partial charge is 0.359 e. The van der Waals surface area contributed by atoms with Crippen molar-refractivity contribution in [1.29, 1.82) is 0 Å². The Bertz CT molecular complexity index is 1190. The first-order chi connectivity index (χ1) is 15.4. The van der Waals surface area contributed by atoms with Crippen molar-refractivity contribution in [2.45, 2.75) is 25.9 Å². The molecule has 3 heterocycles. The summed E-state index contributed by atoms with van der Waals surface area (Å²) >= 11 is 7.12. The monoisotopic (exact) mass is 474 g/mol. The molecule has 168 valence electrons. The zero-order valence-corrected chi connectivity index (χ0v) is 19.1. The van der Waals surface area contributed by atoms with Gasteiger partial charge < -0.3 is 15.5 Å². The number of benzene rings is 1. The van der Waals surface area contributed by atoms with Crippen LogP contribution in [0.5, 0.6) is 0 Å². The van der Waals surface area contributed by atoms with Crippen LogP contribution in [-0.2, 0) is 22.7 Å². The fourth-order valence-corrected chi connectivity index (χ4v) is 4.80. The standard InChI is InChI=1S/C21H23ClN6O3S/c1-23-19(30)14-3-2-8-27(10-14)21-26-18-17(32-21)20(31)28(12-25-18)11-16(29)24-9-13-4-6-15(22)7-5-13/h4-7,12,14H,2-3,8-11H2,1H3,(H,23,30)(H,24,29)/t14-/m1/s1. The number of halogens is 1. The van der Waals surface area contributed by atoms with Gasteiger partial charge in [0.15, 0.2) is 10.8 Å². The van der Waals surface area contributed by atoms with E-state index in [9.17, 15) is 14.4 Å². The number of rotatable bonds is 6. The van der Waals surface area contributed by atoms with Crippen molar-refractivity contribution in [3.8, 4) is 0 Å². The minimum atomic E-state index is -0.305. The third kappa shape index (κ3) is 4.91. The molecule has 0 bridgehead atoms. The van der Waals surface area contributed by atoms with Crippen LogP contribution in [0.2, 0.25) is 5.02 Å². The van der Waals surface area contributed by atoms with E-state index >= 15 is 0 Å². The summed E-state index contributed by atoms with van der Waals surface area (Å²) in [6.45, 7) is 1.53. The van der Waals surface area contributed by atoms with Crippen LogP contribution in [0.15, 0.2) is 35.4 Å². The van der Waals surface area contributed by atoms with Crippen LogP contribution < -0.4 is 21.1 Å². The van der Waals surface area contributed by atoms with Crippen molar-refractivity contribution < 1.29 is 9.59 Å². The molecular weight excluding hydrogens is 452 g/mol. The summed E-state index contributed by atoms with van der Waals surface area (Å²) in [5, 5.41) is 6.79. The van der Waals surface area contributed by atoms with Gasteiger partial charge in [-0.3, -0.25) is 19.0 Å². The van der Waals surface area contributed by atoms with E-state index in [0.29, 0.717) is 33.6 Å². The number of amides is 2. The van der Waals surface area contributed by atoms with Gasteiger partial charge in [0.2, 0.25) is 11.8 Å². The lowest BCUT2D eigenvalue weighted by Crippen LogP contribution is -2.42. The fraction of sp³-hybridized carbons (Fsp3) is 0.381. The molecule has 4 rings (SSSR count). The lowest BCUT2D eigenvalue weighted by Gasteiger charge is -2.31. The van der Waals surface area contributed by atoms with Crippen molar-refractivity contribution in [2.24, 2.45) is 5.92 Å². The zero-order valence-electron chi connectivity index (χ0n) is 17.5. The molecule has 2 amide bonds. The Balaban J connectivity index is 1.45. The second kappa shape index (κ2) is 9.66. The maximum Gasteiger partial charge on any atom is 0.273 e. The van der Waals surface area contributed by atoms with E-state index in [1.807, 2.05) is 17.0 Å². The van der Waals surface area contributed by atoms with E-state index in [-0.39, 0.29) is 29.8 Å². The predicted molar refractivity (Wildman–Crippen MR) is 124 cm³/mol. The van der Waals surface area contributed by atoms with Gasteiger partial charge in [0.05, 0.1) is 5.92 Å². The minimum absolute atomic E-state index is 0.0147. The Morgan fingerprint density at radius 2 is 2.06 bits per heavy atom. The van der Waals surface area contributed by atoms with Crippen LogP contribution in [0.1, 0.15) is 18.4 Å². The van der Waals surface area contributed by atoms with Crippen LogP contribution in [-0.4, -0.2) is 46.5 Å². The van der Waals surface area contributed by atoms with Gasteiger partial charge >= 0.3 is 0 Å². The zero-order chi connectivity index (χ0) is 22.7. The second-order valence-electron chi connectivity index (χ2n) is 7.63. The number of hydrogen-bond donors (Lipinski definition) is 2. The Morgan fingerprint density at radius 1 is 1.28 bits per heavy atom. The number of fused-ring (bicyclic) bond motifs is 1. The maximum atomic E-state index is 12.9.